The van der Waals surface area contributed by atoms with E-state index in [0.29, 0.717) is 12.5 Å². The fourth-order valence-corrected chi connectivity index (χ4v) is 4.38. The highest BCUT2D eigenvalue weighted by Gasteiger charge is 2.34. The van der Waals surface area contributed by atoms with Crippen molar-refractivity contribution in [1.82, 2.24) is 0 Å². The van der Waals surface area contributed by atoms with Crippen LogP contribution in [0.15, 0.2) is 41.7 Å². The van der Waals surface area contributed by atoms with Gasteiger partial charge in [0.1, 0.15) is 0 Å². The summed E-state index contributed by atoms with van der Waals surface area (Å²) < 4.78 is 17.2. The maximum absolute atomic E-state index is 6.10. The molecule has 1 heterocycles. The number of methoxy groups -OCH3 is 1. The second-order valence-corrected chi connectivity index (χ2v) is 6.98. The summed E-state index contributed by atoms with van der Waals surface area (Å²) in [6.45, 7) is 1.43. The summed E-state index contributed by atoms with van der Waals surface area (Å²) in [5.74, 6) is 0.406. The van der Waals surface area contributed by atoms with Crippen molar-refractivity contribution in [1.29, 1.82) is 0 Å². The molecule has 1 aliphatic heterocycles. The molecule has 3 rings (SSSR count). The minimum Gasteiger partial charge on any atom is -0.382 e. The van der Waals surface area contributed by atoms with E-state index in [1.165, 1.54) is 10.6 Å². The lowest BCUT2D eigenvalue weighted by Gasteiger charge is -2.34. The smallest absolute Gasteiger partial charge is 0.164 e. The maximum Gasteiger partial charge on any atom is 0.164 e. The molecule has 2 unspecified atom stereocenters. The molecule has 0 N–H and O–H groups in total. The minimum atomic E-state index is -0.0936. The zero-order valence-corrected chi connectivity index (χ0v) is 13.5. The van der Waals surface area contributed by atoms with Gasteiger partial charge in [-0.15, -0.1) is 0 Å². The molecular weight excluding hydrogens is 283 g/mol. The van der Waals surface area contributed by atoms with Crippen LogP contribution in [0.25, 0.3) is 0 Å². The maximum atomic E-state index is 6.10. The van der Waals surface area contributed by atoms with Crippen LogP contribution in [0.3, 0.4) is 0 Å². The van der Waals surface area contributed by atoms with Crippen LogP contribution in [0, 0.1) is 5.92 Å². The van der Waals surface area contributed by atoms with Crippen LogP contribution in [-0.4, -0.2) is 32.7 Å². The van der Waals surface area contributed by atoms with Gasteiger partial charge in [-0.1, -0.05) is 45.0 Å². The van der Waals surface area contributed by atoms with E-state index in [0.717, 1.165) is 34.5 Å². The van der Waals surface area contributed by atoms with Crippen molar-refractivity contribution in [2.45, 2.75) is 31.7 Å². The van der Waals surface area contributed by atoms with Gasteiger partial charge in [0, 0.05) is 13.0 Å². The van der Waals surface area contributed by atoms with Crippen molar-refractivity contribution >= 4 is 13.9 Å². The Kier molecular flexibility index (Phi) is 5.43. The zero-order valence-electron chi connectivity index (χ0n) is 12.5. The van der Waals surface area contributed by atoms with E-state index in [2.05, 4.69) is 36.4 Å². The summed E-state index contributed by atoms with van der Waals surface area (Å²) in [5.41, 5.74) is 0. The van der Waals surface area contributed by atoms with Gasteiger partial charge in [0.25, 0.3) is 0 Å². The quantitative estimate of drug-likeness (QED) is 0.783. The molecule has 4 atom stereocenters. The molecule has 0 aromatic heterocycles. The molecule has 0 bridgehead atoms. The Hall–Kier alpha value is -0.730. The Morgan fingerprint density at radius 2 is 2.10 bits per heavy atom. The Labute approximate surface area is 128 Å². The van der Waals surface area contributed by atoms with Crippen LogP contribution in [0.5, 0.6) is 0 Å². The third-order valence-electron chi connectivity index (χ3n) is 4.03. The average molecular weight is 306 g/mol. The van der Waals surface area contributed by atoms with E-state index < -0.39 is 0 Å². The second kappa shape index (κ2) is 7.51. The predicted octanol–water partition coefficient (Wildman–Crippen LogP) is 3.06. The Bertz CT molecular complexity index is 472. The number of benzene rings is 1. The van der Waals surface area contributed by atoms with Crippen molar-refractivity contribution in [3.8, 4) is 0 Å². The van der Waals surface area contributed by atoms with Crippen LogP contribution in [0.4, 0.5) is 0 Å². The fourth-order valence-electron chi connectivity index (χ4n) is 2.97. The lowest BCUT2D eigenvalue weighted by molar-refractivity contribution is -0.236. The SMILES string of the molecule is COC[C@@H]1CCOC([C@@H]2CCC=C2Pc2ccccc2)O1. The molecule has 1 fully saturated rings. The number of hydrogen-bond donors (Lipinski definition) is 0. The van der Waals surface area contributed by atoms with Gasteiger partial charge in [-0.05, 0) is 29.9 Å². The van der Waals surface area contributed by atoms with E-state index in [1.54, 1.807) is 7.11 Å². The highest BCUT2D eigenvalue weighted by molar-refractivity contribution is 7.51. The predicted molar refractivity (Wildman–Crippen MR) is 86.3 cm³/mol. The van der Waals surface area contributed by atoms with Gasteiger partial charge in [0.15, 0.2) is 6.29 Å². The molecule has 2 aliphatic rings. The Morgan fingerprint density at radius 3 is 2.90 bits per heavy atom. The van der Waals surface area contributed by atoms with Crippen LogP contribution in [-0.2, 0) is 14.2 Å². The first-order valence-electron chi connectivity index (χ1n) is 7.65. The van der Waals surface area contributed by atoms with Crippen LogP contribution in [0.2, 0.25) is 0 Å². The lowest BCUT2D eigenvalue weighted by Crippen LogP contribution is -2.39. The Balaban J connectivity index is 1.63. The van der Waals surface area contributed by atoms with Crippen LogP contribution >= 0.6 is 8.58 Å². The molecule has 3 nitrogen and oxygen atoms in total. The number of hydrogen-bond acceptors (Lipinski definition) is 3. The van der Waals surface area contributed by atoms with Gasteiger partial charge in [-0.25, -0.2) is 0 Å². The minimum absolute atomic E-state index is 0.0936. The van der Waals surface area contributed by atoms with Crippen molar-refractivity contribution < 1.29 is 14.2 Å². The van der Waals surface area contributed by atoms with E-state index in [-0.39, 0.29) is 12.4 Å². The monoisotopic (exact) mass is 306 g/mol. The fraction of sp³-hybridized carbons (Fsp3) is 0.529. The van der Waals surface area contributed by atoms with Crippen LogP contribution in [0.1, 0.15) is 19.3 Å². The van der Waals surface area contributed by atoms with Gasteiger partial charge in [-0.3, -0.25) is 0 Å². The molecule has 21 heavy (non-hydrogen) atoms. The molecule has 1 aromatic rings. The second-order valence-electron chi connectivity index (χ2n) is 5.58. The Morgan fingerprint density at radius 1 is 1.24 bits per heavy atom. The number of ether oxygens (including phenoxy) is 3. The summed E-state index contributed by atoms with van der Waals surface area (Å²) in [6, 6.07) is 10.7. The average Bonchev–Trinajstić information content (AvgIpc) is 2.97. The van der Waals surface area contributed by atoms with Crippen molar-refractivity contribution in [3.63, 3.8) is 0 Å². The first kappa shape index (κ1) is 15.2. The summed E-state index contributed by atoms with van der Waals surface area (Å²) >= 11 is 0. The highest BCUT2D eigenvalue weighted by Crippen LogP contribution is 2.42. The van der Waals surface area contributed by atoms with E-state index >= 15 is 0 Å². The molecule has 1 aliphatic carbocycles. The largest absolute Gasteiger partial charge is 0.382 e. The van der Waals surface area contributed by atoms with Gasteiger partial charge < -0.3 is 14.2 Å². The molecule has 114 valence electrons. The molecule has 1 saturated heterocycles. The van der Waals surface area contributed by atoms with Gasteiger partial charge in [0.2, 0.25) is 0 Å². The van der Waals surface area contributed by atoms with Crippen molar-refractivity contribution in [2.75, 3.05) is 20.3 Å². The van der Waals surface area contributed by atoms with Crippen molar-refractivity contribution in [2.24, 2.45) is 5.92 Å². The van der Waals surface area contributed by atoms with E-state index in [4.69, 9.17) is 14.2 Å². The molecular formula is C17H23O3P. The normalized spacial score (nSPS) is 30.0. The first-order valence-corrected chi connectivity index (χ1v) is 8.65. The summed E-state index contributed by atoms with van der Waals surface area (Å²) in [7, 11) is 2.45. The summed E-state index contributed by atoms with van der Waals surface area (Å²) in [4.78, 5) is 0. The highest BCUT2D eigenvalue weighted by atomic mass is 31.1. The first-order chi connectivity index (χ1) is 10.4. The molecule has 0 saturated carbocycles. The molecule has 0 spiro atoms. The van der Waals surface area contributed by atoms with Crippen LogP contribution < -0.4 is 5.30 Å². The van der Waals surface area contributed by atoms with E-state index in [1.807, 2.05) is 0 Å². The third-order valence-corrected chi connectivity index (χ3v) is 5.52. The third kappa shape index (κ3) is 3.92. The molecule has 0 amide bonds. The standard InChI is InChI=1S/C17H23O3P/c1-18-12-13-10-11-19-17(20-13)15-8-5-9-16(15)21-14-6-3-2-4-7-14/h2-4,6-7,9,13,15,17,21H,5,8,10-12H2,1H3/t13-,15+,17?/m0/s1. The lowest BCUT2D eigenvalue weighted by atomic mass is 10.1. The molecule has 1 aromatic carbocycles. The number of allylic oxidation sites excluding steroid dienone is 1. The zero-order chi connectivity index (χ0) is 14.5. The summed E-state index contributed by atoms with van der Waals surface area (Å²) in [5, 5.41) is 2.88. The number of rotatable bonds is 5. The van der Waals surface area contributed by atoms with Gasteiger partial charge in [0.05, 0.1) is 19.3 Å². The topological polar surface area (TPSA) is 27.7 Å². The van der Waals surface area contributed by atoms with Gasteiger partial charge >= 0.3 is 0 Å². The van der Waals surface area contributed by atoms with E-state index in [9.17, 15) is 0 Å². The molecule has 4 heteroatoms. The molecule has 0 radical (unpaired) electrons. The van der Waals surface area contributed by atoms with Gasteiger partial charge in [-0.2, -0.15) is 0 Å². The van der Waals surface area contributed by atoms with Crippen molar-refractivity contribution in [3.05, 3.63) is 41.7 Å². The summed E-state index contributed by atoms with van der Waals surface area (Å²) in [6.07, 6.45) is 5.66.